The van der Waals surface area contributed by atoms with Crippen molar-refractivity contribution in [2.45, 2.75) is 32.2 Å². The summed E-state index contributed by atoms with van der Waals surface area (Å²) < 4.78 is 27.2. The van der Waals surface area contributed by atoms with Crippen LogP contribution in [-0.4, -0.2) is 54.2 Å². The molecular weight excluding hydrogens is 310 g/mol. The lowest BCUT2D eigenvalue weighted by atomic mass is 9.96. The minimum absolute atomic E-state index is 0.167. The maximum absolute atomic E-state index is 13.9. The van der Waals surface area contributed by atoms with Crippen molar-refractivity contribution < 1.29 is 13.9 Å². The molecule has 0 radical (unpaired) electrons. The Hall–Kier alpha value is -1.04. The Bertz CT molecular complexity index is 532. The molecule has 3 nitrogen and oxygen atoms in total. The number of aliphatic hydroxyl groups excluding tert-OH is 1. The number of hydrogen-bond acceptors (Lipinski definition) is 3. The second-order valence-corrected chi connectivity index (χ2v) is 7.35. The molecule has 134 valence electrons. The van der Waals surface area contributed by atoms with Crippen LogP contribution in [0.25, 0.3) is 0 Å². The SMILES string of the molecule is OC[C@@H]1CN(Cc2cc(F)ccc2F)C[C@@H]1CN1CCCCCC1. The predicted octanol–water partition coefficient (Wildman–Crippen LogP) is 2.88. The van der Waals surface area contributed by atoms with Gasteiger partial charge in [0.2, 0.25) is 0 Å². The lowest BCUT2D eigenvalue weighted by Gasteiger charge is -2.26. The molecule has 0 amide bonds. The first-order valence-electron chi connectivity index (χ1n) is 9.15. The minimum Gasteiger partial charge on any atom is -0.396 e. The van der Waals surface area contributed by atoms with Crippen molar-refractivity contribution >= 4 is 0 Å². The van der Waals surface area contributed by atoms with Crippen molar-refractivity contribution in [2.75, 3.05) is 39.3 Å². The van der Waals surface area contributed by atoms with Crippen LogP contribution in [0.5, 0.6) is 0 Å². The third kappa shape index (κ3) is 4.52. The second-order valence-electron chi connectivity index (χ2n) is 7.35. The minimum atomic E-state index is -0.398. The lowest BCUT2D eigenvalue weighted by Crippen LogP contribution is -2.34. The third-order valence-corrected chi connectivity index (χ3v) is 5.48. The highest BCUT2D eigenvalue weighted by Crippen LogP contribution is 2.27. The van der Waals surface area contributed by atoms with Gasteiger partial charge in [-0.25, -0.2) is 8.78 Å². The summed E-state index contributed by atoms with van der Waals surface area (Å²) in [5.41, 5.74) is 0.405. The number of hydrogen-bond donors (Lipinski definition) is 1. The van der Waals surface area contributed by atoms with Gasteiger partial charge in [0, 0.05) is 38.3 Å². The van der Waals surface area contributed by atoms with Gasteiger partial charge in [0.05, 0.1) is 0 Å². The van der Waals surface area contributed by atoms with E-state index in [1.165, 1.54) is 37.8 Å². The number of likely N-dealkylation sites (tertiary alicyclic amines) is 2. The molecule has 24 heavy (non-hydrogen) atoms. The quantitative estimate of drug-likeness (QED) is 0.894. The number of aliphatic hydroxyl groups is 1. The summed E-state index contributed by atoms with van der Waals surface area (Å²) in [6.45, 7) is 5.48. The molecule has 1 aromatic carbocycles. The topological polar surface area (TPSA) is 26.7 Å². The van der Waals surface area contributed by atoms with Crippen molar-refractivity contribution in [3.8, 4) is 0 Å². The van der Waals surface area contributed by atoms with E-state index in [0.29, 0.717) is 18.0 Å². The molecule has 0 saturated carbocycles. The first-order chi connectivity index (χ1) is 11.7. The maximum Gasteiger partial charge on any atom is 0.127 e. The summed E-state index contributed by atoms with van der Waals surface area (Å²) in [5.74, 6) is -0.118. The standard InChI is InChI=1S/C19H28F2N2O/c20-18-5-6-19(21)15(9-18)10-23-12-16(17(13-23)14-24)11-22-7-3-1-2-4-8-22/h5-6,9,16-17,24H,1-4,7-8,10-14H2/t16-,17-/m0/s1. The molecule has 1 N–H and O–H groups in total. The first-order valence-corrected chi connectivity index (χ1v) is 9.15. The number of rotatable bonds is 5. The highest BCUT2D eigenvalue weighted by atomic mass is 19.1. The summed E-state index contributed by atoms with van der Waals surface area (Å²) in [5, 5.41) is 9.72. The maximum atomic E-state index is 13.9. The van der Waals surface area contributed by atoms with E-state index in [0.717, 1.165) is 38.8 Å². The zero-order chi connectivity index (χ0) is 16.9. The van der Waals surface area contributed by atoms with Crippen molar-refractivity contribution in [1.82, 2.24) is 9.80 Å². The fraction of sp³-hybridized carbons (Fsp3) is 0.684. The molecule has 2 aliphatic rings. The lowest BCUT2D eigenvalue weighted by molar-refractivity contribution is 0.165. The van der Waals surface area contributed by atoms with Crippen LogP contribution < -0.4 is 0 Å². The number of nitrogens with zero attached hydrogens (tertiary/aromatic N) is 2. The zero-order valence-electron chi connectivity index (χ0n) is 14.3. The fourth-order valence-corrected chi connectivity index (χ4v) is 4.13. The Morgan fingerprint density at radius 1 is 0.958 bits per heavy atom. The Kier molecular flexibility index (Phi) is 6.19. The van der Waals surface area contributed by atoms with E-state index >= 15 is 0 Å². The van der Waals surface area contributed by atoms with Gasteiger partial charge in [0.25, 0.3) is 0 Å². The van der Waals surface area contributed by atoms with E-state index in [9.17, 15) is 13.9 Å². The van der Waals surface area contributed by atoms with Gasteiger partial charge in [-0.2, -0.15) is 0 Å². The molecule has 2 fully saturated rings. The first kappa shape index (κ1) is 17.8. The van der Waals surface area contributed by atoms with Gasteiger partial charge in [-0.15, -0.1) is 0 Å². The summed E-state index contributed by atoms with van der Waals surface area (Å²) in [6.07, 6.45) is 5.15. The van der Waals surface area contributed by atoms with Gasteiger partial charge in [0.15, 0.2) is 0 Å². The zero-order valence-corrected chi connectivity index (χ0v) is 14.3. The van der Waals surface area contributed by atoms with Crippen LogP contribution in [0.3, 0.4) is 0 Å². The van der Waals surface area contributed by atoms with Gasteiger partial charge in [-0.1, -0.05) is 12.8 Å². The Labute approximate surface area is 143 Å². The van der Waals surface area contributed by atoms with Crippen molar-refractivity contribution in [3.63, 3.8) is 0 Å². The van der Waals surface area contributed by atoms with Gasteiger partial charge in [0.1, 0.15) is 11.6 Å². The predicted molar refractivity (Wildman–Crippen MR) is 90.6 cm³/mol. The molecule has 1 aromatic rings. The van der Waals surface area contributed by atoms with Gasteiger partial charge >= 0.3 is 0 Å². The molecule has 3 rings (SSSR count). The van der Waals surface area contributed by atoms with Gasteiger partial charge in [-0.3, -0.25) is 4.90 Å². The van der Waals surface area contributed by atoms with Crippen LogP contribution in [0.1, 0.15) is 31.2 Å². The fourth-order valence-electron chi connectivity index (χ4n) is 4.13. The summed E-state index contributed by atoms with van der Waals surface area (Å²) in [4.78, 5) is 4.67. The van der Waals surface area contributed by atoms with E-state index in [4.69, 9.17) is 0 Å². The highest BCUT2D eigenvalue weighted by molar-refractivity contribution is 5.18. The van der Waals surface area contributed by atoms with Crippen LogP contribution in [0.15, 0.2) is 18.2 Å². The molecule has 5 heteroatoms. The molecule has 0 aliphatic carbocycles. The molecule has 2 atom stereocenters. The molecular formula is C19H28F2N2O. The molecule has 2 saturated heterocycles. The van der Waals surface area contributed by atoms with E-state index in [-0.39, 0.29) is 18.3 Å². The molecule has 0 aromatic heterocycles. The second kappa shape index (κ2) is 8.37. The van der Waals surface area contributed by atoms with Crippen molar-refractivity contribution in [1.29, 1.82) is 0 Å². The smallest absolute Gasteiger partial charge is 0.127 e. The Morgan fingerprint density at radius 2 is 1.67 bits per heavy atom. The van der Waals surface area contributed by atoms with Crippen LogP contribution in [-0.2, 0) is 6.54 Å². The Balaban J connectivity index is 1.60. The van der Waals surface area contributed by atoms with Gasteiger partial charge < -0.3 is 10.0 Å². The molecule has 0 spiro atoms. The summed E-state index contributed by atoms with van der Waals surface area (Å²) in [7, 11) is 0. The number of halogens is 2. The highest BCUT2D eigenvalue weighted by Gasteiger charge is 2.33. The molecule has 2 heterocycles. The molecule has 0 unspecified atom stereocenters. The van der Waals surface area contributed by atoms with Crippen LogP contribution in [0.2, 0.25) is 0 Å². The summed E-state index contributed by atoms with van der Waals surface area (Å²) in [6, 6.07) is 3.63. The monoisotopic (exact) mass is 338 g/mol. The average molecular weight is 338 g/mol. The van der Waals surface area contributed by atoms with E-state index in [2.05, 4.69) is 9.80 Å². The third-order valence-electron chi connectivity index (χ3n) is 5.48. The normalized spacial score (nSPS) is 26.6. The molecule has 2 aliphatic heterocycles. The average Bonchev–Trinajstić information content (AvgIpc) is 2.77. The molecule has 0 bridgehead atoms. The van der Waals surface area contributed by atoms with Crippen LogP contribution in [0, 0.1) is 23.5 Å². The van der Waals surface area contributed by atoms with E-state index < -0.39 is 5.82 Å². The van der Waals surface area contributed by atoms with Gasteiger partial charge in [-0.05, 0) is 56.0 Å². The summed E-state index contributed by atoms with van der Waals surface area (Å²) >= 11 is 0. The largest absolute Gasteiger partial charge is 0.396 e. The van der Waals surface area contributed by atoms with Crippen LogP contribution >= 0.6 is 0 Å². The van der Waals surface area contributed by atoms with Crippen molar-refractivity contribution in [3.05, 3.63) is 35.4 Å². The van der Waals surface area contributed by atoms with E-state index in [1.54, 1.807) is 0 Å². The number of benzene rings is 1. The van der Waals surface area contributed by atoms with E-state index in [1.807, 2.05) is 0 Å². The Morgan fingerprint density at radius 3 is 2.38 bits per heavy atom. The van der Waals surface area contributed by atoms with Crippen LogP contribution in [0.4, 0.5) is 8.78 Å². The van der Waals surface area contributed by atoms with Crippen molar-refractivity contribution in [2.24, 2.45) is 11.8 Å².